The number of aromatic nitrogens is 1. The number of hydrogen-bond acceptors (Lipinski definition) is 5. The van der Waals surface area contributed by atoms with Crippen LogP contribution in [0.3, 0.4) is 0 Å². The van der Waals surface area contributed by atoms with Gasteiger partial charge in [-0.15, -0.1) is 0 Å². The maximum absolute atomic E-state index is 12.5. The zero-order valence-corrected chi connectivity index (χ0v) is 17.3. The molecule has 154 valence electrons. The van der Waals surface area contributed by atoms with Crippen LogP contribution in [0.2, 0.25) is 0 Å². The number of oxazole rings is 1. The molecule has 0 aliphatic rings. The molecule has 30 heavy (non-hydrogen) atoms. The molecular weight excluding hydrogens is 380 g/mol. The second kappa shape index (κ2) is 10.2. The average molecular weight is 404 g/mol. The van der Waals surface area contributed by atoms with E-state index in [4.69, 9.17) is 13.9 Å². The summed E-state index contributed by atoms with van der Waals surface area (Å²) < 4.78 is 16.3. The van der Waals surface area contributed by atoms with Crippen LogP contribution in [0.1, 0.15) is 29.5 Å². The highest BCUT2D eigenvalue weighted by Crippen LogP contribution is 2.17. The van der Waals surface area contributed by atoms with Gasteiger partial charge in [-0.2, -0.15) is 0 Å². The highest BCUT2D eigenvalue weighted by molar-refractivity contribution is 5.70. The maximum atomic E-state index is 12.5. The fourth-order valence-electron chi connectivity index (χ4n) is 2.70. The van der Waals surface area contributed by atoms with E-state index in [1.165, 1.54) is 6.39 Å². The topological polar surface area (TPSA) is 64.8 Å². The molecule has 0 spiro atoms. The number of carbonyl (C=O) groups excluding carboxylic acids is 1. The summed E-state index contributed by atoms with van der Waals surface area (Å²) in [6.45, 7) is 6.88. The van der Waals surface area contributed by atoms with Crippen molar-refractivity contribution >= 4 is 6.09 Å². The smallest absolute Gasteiger partial charge is 0.415 e. The van der Waals surface area contributed by atoms with E-state index in [1.807, 2.05) is 57.2 Å². The van der Waals surface area contributed by atoms with Crippen LogP contribution in [0.4, 0.5) is 4.79 Å². The third-order valence-corrected chi connectivity index (χ3v) is 4.40. The number of rotatable bonds is 6. The maximum Gasteiger partial charge on any atom is 0.415 e. The Morgan fingerprint density at radius 2 is 1.93 bits per heavy atom. The molecule has 6 nitrogen and oxygen atoms in total. The summed E-state index contributed by atoms with van der Waals surface area (Å²) in [5, 5.41) is 0. The van der Waals surface area contributed by atoms with Crippen LogP contribution in [0, 0.1) is 25.7 Å². The monoisotopic (exact) mass is 404 g/mol. The molecule has 0 aliphatic carbocycles. The lowest BCUT2D eigenvalue weighted by atomic mass is 10.2. The predicted molar refractivity (Wildman–Crippen MR) is 113 cm³/mol. The van der Waals surface area contributed by atoms with Gasteiger partial charge in [0, 0.05) is 13.1 Å². The molecule has 0 bridgehead atoms. The summed E-state index contributed by atoms with van der Waals surface area (Å²) in [5.41, 5.74) is 2.66. The van der Waals surface area contributed by atoms with Crippen molar-refractivity contribution in [2.24, 2.45) is 0 Å². The quantitative estimate of drug-likeness (QED) is 0.555. The lowest BCUT2D eigenvalue weighted by molar-refractivity contribution is 0.152. The minimum atomic E-state index is -0.387. The van der Waals surface area contributed by atoms with Gasteiger partial charge in [0.05, 0.1) is 0 Å². The molecule has 6 heteroatoms. The highest BCUT2D eigenvalue weighted by atomic mass is 16.6. The van der Waals surface area contributed by atoms with E-state index in [-0.39, 0.29) is 12.7 Å². The summed E-state index contributed by atoms with van der Waals surface area (Å²) in [4.78, 5) is 18.2. The summed E-state index contributed by atoms with van der Waals surface area (Å²) in [5.74, 6) is 7.72. The SMILES string of the molecule is CCN(Cc1cccc(OCC#Cc2ncoc2C)c1)C(=O)Oc1ccc(C)cc1. The van der Waals surface area contributed by atoms with Gasteiger partial charge in [0.25, 0.3) is 0 Å². The molecule has 0 fully saturated rings. The minimum absolute atomic E-state index is 0.225. The highest BCUT2D eigenvalue weighted by Gasteiger charge is 2.15. The van der Waals surface area contributed by atoms with Gasteiger partial charge in [0.15, 0.2) is 12.1 Å². The standard InChI is InChI=1S/C24H24N2O4/c1-4-26(24(27)30-21-12-10-18(2)11-13-21)16-20-7-5-8-22(15-20)28-14-6-9-23-19(3)29-17-25-23/h5,7-8,10-13,15,17H,4,14,16H2,1-3H3. The van der Waals surface area contributed by atoms with Crippen molar-refractivity contribution in [1.82, 2.24) is 9.88 Å². The number of amides is 1. The van der Waals surface area contributed by atoms with Gasteiger partial charge in [-0.25, -0.2) is 9.78 Å². The third-order valence-electron chi connectivity index (χ3n) is 4.40. The van der Waals surface area contributed by atoms with Crippen LogP contribution in [-0.2, 0) is 6.54 Å². The van der Waals surface area contributed by atoms with E-state index >= 15 is 0 Å². The molecule has 0 N–H and O–H groups in total. The predicted octanol–water partition coefficient (Wildman–Crippen LogP) is 4.74. The largest absolute Gasteiger partial charge is 0.481 e. The molecule has 0 saturated heterocycles. The summed E-state index contributed by atoms with van der Waals surface area (Å²) in [6.07, 6.45) is 0.981. The van der Waals surface area contributed by atoms with Crippen LogP contribution < -0.4 is 9.47 Å². The lowest BCUT2D eigenvalue weighted by Crippen LogP contribution is -2.32. The number of aryl methyl sites for hydroxylation is 2. The number of benzene rings is 2. The van der Waals surface area contributed by atoms with E-state index < -0.39 is 0 Å². The minimum Gasteiger partial charge on any atom is -0.481 e. The summed E-state index contributed by atoms with van der Waals surface area (Å²) >= 11 is 0. The van der Waals surface area contributed by atoms with Crippen molar-refractivity contribution in [1.29, 1.82) is 0 Å². The Kier molecular flexibility index (Phi) is 7.12. The lowest BCUT2D eigenvalue weighted by Gasteiger charge is -2.20. The molecule has 1 amide bonds. The van der Waals surface area contributed by atoms with Crippen LogP contribution >= 0.6 is 0 Å². The van der Waals surface area contributed by atoms with Crippen molar-refractivity contribution < 1.29 is 18.7 Å². The Morgan fingerprint density at radius 3 is 2.63 bits per heavy atom. The van der Waals surface area contributed by atoms with Crippen LogP contribution in [0.5, 0.6) is 11.5 Å². The molecule has 0 unspecified atom stereocenters. The molecule has 3 aromatic rings. The fourth-order valence-corrected chi connectivity index (χ4v) is 2.70. The molecule has 3 rings (SSSR count). The van der Waals surface area contributed by atoms with Crippen molar-refractivity contribution in [3.05, 3.63) is 77.5 Å². The Hall–Kier alpha value is -3.72. The van der Waals surface area contributed by atoms with Gasteiger partial charge in [-0.3, -0.25) is 0 Å². The summed E-state index contributed by atoms with van der Waals surface area (Å²) in [6, 6.07) is 15.0. The van der Waals surface area contributed by atoms with Crippen LogP contribution in [-0.4, -0.2) is 29.1 Å². The van der Waals surface area contributed by atoms with Gasteiger partial charge < -0.3 is 18.8 Å². The number of ether oxygens (including phenoxy) is 2. The molecule has 0 aliphatic heterocycles. The number of carbonyl (C=O) groups is 1. The Morgan fingerprint density at radius 1 is 1.13 bits per heavy atom. The van der Waals surface area contributed by atoms with E-state index in [9.17, 15) is 4.79 Å². The summed E-state index contributed by atoms with van der Waals surface area (Å²) in [7, 11) is 0. The second-order valence-electron chi connectivity index (χ2n) is 6.69. The van der Waals surface area contributed by atoms with Crippen molar-refractivity contribution in [2.75, 3.05) is 13.2 Å². The van der Waals surface area contributed by atoms with Gasteiger partial charge in [0.1, 0.15) is 23.9 Å². The zero-order chi connectivity index (χ0) is 21.3. The Labute approximate surface area is 176 Å². The fraction of sp³-hybridized carbons (Fsp3) is 0.250. The molecule has 0 saturated carbocycles. The molecule has 0 radical (unpaired) electrons. The third kappa shape index (κ3) is 5.89. The van der Waals surface area contributed by atoms with Crippen molar-refractivity contribution in [3.63, 3.8) is 0 Å². The Bertz CT molecular complexity index is 1040. The number of hydrogen-bond donors (Lipinski definition) is 0. The van der Waals surface area contributed by atoms with Crippen LogP contribution in [0.15, 0.2) is 59.3 Å². The normalized spacial score (nSPS) is 10.1. The zero-order valence-electron chi connectivity index (χ0n) is 17.3. The first-order valence-electron chi connectivity index (χ1n) is 9.69. The van der Waals surface area contributed by atoms with E-state index in [0.717, 1.165) is 11.1 Å². The molecule has 0 atom stereocenters. The first-order chi connectivity index (χ1) is 14.5. The van der Waals surface area contributed by atoms with E-state index in [2.05, 4.69) is 16.8 Å². The van der Waals surface area contributed by atoms with Crippen molar-refractivity contribution in [2.45, 2.75) is 27.3 Å². The number of nitrogens with zero attached hydrogens (tertiary/aromatic N) is 2. The van der Waals surface area contributed by atoms with E-state index in [1.54, 1.807) is 17.0 Å². The van der Waals surface area contributed by atoms with Gasteiger partial charge in [-0.1, -0.05) is 35.7 Å². The molecular formula is C24H24N2O4. The van der Waals surface area contributed by atoms with Gasteiger partial charge in [-0.05, 0) is 56.5 Å². The molecule has 1 aromatic heterocycles. The van der Waals surface area contributed by atoms with Gasteiger partial charge in [0.2, 0.25) is 0 Å². The van der Waals surface area contributed by atoms with Crippen LogP contribution in [0.25, 0.3) is 0 Å². The Balaban J connectivity index is 1.57. The van der Waals surface area contributed by atoms with Crippen molar-refractivity contribution in [3.8, 4) is 23.3 Å². The van der Waals surface area contributed by atoms with E-state index in [0.29, 0.717) is 36.0 Å². The first-order valence-corrected chi connectivity index (χ1v) is 9.69. The van der Waals surface area contributed by atoms with Gasteiger partial charge >= 0.3 is 6.09 Å². The first kappa shape index (κ1) is 21.0. The average Bonchev–Trinajstić information content (AvgIpc) is 3.16. The second-order valence-corrected chi connectivity index (χ2v) is 6.69. The molecule has 1 heterocycles. The molecule has 2 aromatic carbocycles.